The van der Waals surface area contributed by atoms with E-state index in [0.717, 1.165) is 0 Å². The van der Waals surface area contributed by atoms with Crippen molar-refractivity contribution in [2.45, 2.75) is 38.6 Å². The van der Waals surface area contributed by atoms with Gasteiger partial charge in [0.2, 0.25) is 5.95 Å². The van der Waals surface area contributed by atoms with Crippen LogP contribution in [0.1, 0.15) is 26.0 Å². The number of carbonyl (C=O) groups is 1. The van der Waals surface area contributed by atoms with Gasteiger partial charge in [0.25, 0.3) is 5.56 Å². The van der Waals surface area contributed by atoms with E-state index in [-0.39, 0.29) is 36.4 Å². The second-order valence-corrected chi connectivity index (χ2v) is 5.77. The maximum Gasteiger partial charge on any atom is 0.332 e. The van der Waals surface area contributed by atoms with Crippen LogP contribution in [0, 0.1) is 0 Å². The Morgan fingerprint density at radius 3 is 2.96 bits per heavy atom. The predicted octanol–water partition coefficient (Wildman–Crippen LogP) is -0.105. The van der Waals surface area contributed by atoms with Crippen molar-refractivity contribution in [3.63, 3.8) is 0 Å². The largest absolute Gasteiger partial charge is 0.463 e. The standard InChI is InChI=1S/C15H19N5O5/c1-3-6-19-11-12(17-14(16)18-13(11)22)20(15(19)23)10-5-4-9(25-10)7-24-8(2)21/h3,9-10H,1,4-7H2,2H3,(H3,16,17,18,22)/t9-,10+/m0/s1. The summed E-state index contributed by atoms with van der Waals surface area (Å²) in [7, 11) is 0. The van der Waals surface area contributed by atoms with Crippen molar-refractivity contribution in [3.05, 3.63) is 33.5 Å². The van der Waals surface area contributed by atoms with E-state index < -0.39 is 23.4 Å². The highest BCUT2D eigenvalue weighted by Gasteiger charge is 2.31. The van der Waals surface area contributed by atoms with Gasteiger partial charge in [-0.25, -0.2) is 9.36 Å². The van der Waals surface area contributed by atoms with Gasteiger partial charge in [-0.05, 0) is 12.8 Å². The average molecular weight is 349 g/mol. The number of ether oxygens (including phenoxy) is 2. The van der Waals surface area contributed by atoms with Gasteiger partial charge in [0.1, 0.15) is 12.8 Å². The molecule has 0 aliphatic carbocycles. The normalized spacial score (nSPS) is 20.0. The highest BCUT2D eigenvalue weighted by Crippen LogP contribution is 2.29. The zero-order chi connectivity index (χ0) is 18.1. The Labute approximate surface area is 141 Å². The van der Waals surface area contributed by atoms with E-state index in [0.29, 0.717) is 12.8 Å². The number of nitrogens with one attached hydrogen (secondary N) is 1. The first-order valence-corrected chi connectivity index (χ1v) is 7.82. The van der Waals surface area contributed by atoms with E-state index >= 15 is 0 Å². The van der Waals surface area contributed by atoms with E-state index in [1.807, 2.05) is 0 Å². The summed E-state index contributed by atoms with van der Waals surface area (Å²) in [5.41, 5.74) is 4.96. The fourth-order valence-electron chi connectivity index (χ4n) is 2.97. The number of anilines is 1. The topological polar surface area (TPSA) is 134 Å². The SMILES string of the molecule is C=CCn1c(=O)n([C@H]2CC[C@@H](COC(C)=O)O2)c2nc(N)[nH]c(=O)c21. The number of H-pyrrole nitrogens is 1. The molecule has 1 aliphatic heterocycles. The first-order valence-electron chi connectivity index (χ1n) is 7.82. The summed E-state index contributed by atoms with van der Waals surface area (Å²) in [4.78, 5) is 42.4. The van der Waals surface area contributed by atoms with Crippen molar-refractivity contribution in [1.29, 1.82) is 0 Å². The highest BCUT2D eigenvalue weighted by atomic mass is 16.6. The lowest BCUT2D eigenvalue weighted by atomic mass is 10.2. The molecule has 0 aromatic carbocycles. The van der Waals surface area contributed by atoms with E-state index in [1.165, 1.54) is 22.1 Å². The molecular formula is C15H19N5O5. The summed E-state index contributed by atoms with van der Waals surface area (Å²) in [6.45, 7) is 5.19. The molecule has 0 spiro atoms. The summed E-state index contributed by atoms with van der Waals surface area (Å²) in [5.74, 6) is -0.482. The Bertz CT molecular complexity index is 940. The number of carbonyl (C=O) groups excluding carboxylic acids is 1. The number of hydrogen-bond acceptors (Lipinski definition) is 7. The molecule has 0 bridgehead atoms. The molecule has 0 amide bonds. The second-order valence-electron chi connectivity index (χ2n) is 5.77. The zero-order valence-electron chi connectivity index (χ0n) is 13.7. The number of allylic oxidation sites excluding steroid dienone is 1. The molecule has 1 aliphatic rings. The van der Waals surface area contributed by atoms with Gasteiger partial charge in [-0.1, -0.05) is 6.08 Å². The van der Waals surface area contributed by atoms with Crippen molar-refractivity contribution >= 4 is 23.1 Å². The number of fused-ring (bicyclic) bond motifs is 1. The third-order valence-corrected chi connectivity index (χ3v) is 3.99. The van der Waals surface area contributed by atoms with Gasteiger partial charge < -0.3 is 15.2 Å². The Balaban J connectivity index is 2.03. The van der Waals surface area contributed by atoms with Crippen molar-refractivity contribution in [3.8, 4) is 0 Å². The molecule has 0 radical (unpaired) electrons. The van der Waals surface area contributed by atoms with Gasteiger partial charge in [0, 0.05) is 13.5 Å². The molecule has 1 fully saturated rings. The minimum absolute atomic E-state index is 0.0866. The zero-order valence-corrected chi connectivity index (χ0v) is 13.7. The number of imidazole rings is 1. The summed E-state index contributed by atoms with van der Waals surface area (Å²) in [6, 6.07) is 0. The van der Waals surface area contributed by atoms with Gasteiger partial charge in [-0.3, -0.25) is 19.1 Å². The van der Waals surface area contributed by atoms with Gasteiger partial charge in [-0.15, -0.1) is 6.58 Å². The molecule has 3 heterocycles. The number of aromatic nitrogens is 4. The van der Waals surface area contributed by atoms with Crippen LogP contribution in [0.3, 0.4) is 0 Å². The number of nitrogens with zero attached hydrogens (tertiary/aromatic N) is 3. The van der Waals surface area contributed by atoms with E-state index in [2.05, 4.69) is 16.5 Å². The Hall–Kier alpha value is -2.88. The van der Waals surface area contributed by atoms with Crippen LogP contribution in [0.25, 0.3) is 11.2 Å². The molecule has 2 atom stereocenters. The minimum atomic E-state index is -0.615. The lowest BCUT2D eigenvalue weighted by Gasteiger charge is -2.14. The monoisotopic (exact) mass is 349 g/mol. The van der Waals surface area contributed by atoms with Crippen LogP contribution in [0.5, 0.6) is 0 Å². The number of rotatable bonds is 5. The molecule has 1 saturated heterocycles. The molecule has 3 rings (SSSR count). The lowest BCUT2D eigenvalue weighted by Crippen LogP contribution is -2.28. The first kappa shape index (κ1) is 17.0. The summed E-state index contributed by atoms with van der Waals surface area (Å²) >= 11 is 0. The maximum absolute atomic E-state index is 12.8. The van der Waals surface area contributed by atoms with Gasteiger partial charge >= 0.3 is 11.7 Å². The van der Waals surface area contributed by atoms with Crippen LogP contribution in [0.15, 0.2) is 22.2 Å². The fraction of sp³-hybridized carbons (Fsp3) is 0.467. The molecule has 2 aromatic heterocycles. The number of aromatic amines is 1. The van der Waals surface area contributed by atoms with Crippen LogP contribution in [-0.4, -0.2) is 37.8 Å². The van der Waals surface area contributed by atoms with Gasteiger partial charge in [-0.2, -0.15) is 4.98 Å². The molecule has 134 valence electrons. The Morgan fingerprint density at radius 1 is 1.52 bits per heavy atom. The number of nitrogen functional groups attached to an aromatic ring is 1. The molecule has 3 N–H and O–H groups in total. The molecule has 10 nitrogen and oxygen atoms in total. The van der Waals surface area contributed by atoms with Crippen molar-refractivity contribution < 1.29 is 14.3 Å². The van der Waals surface area contributed by atoms with E-state index in [9.17, 15) is 14.4 Å². The van der Waals surface area contributed by atoms with Crippen LogP contribution in [-0.2, 0) is 20.8 Å². The first-order chi connectivity index (χ1) is 11.9. The van der Waals surface area contributed by atoms with Crippen molar-refractivity contribution in [1.82, 2.24) is 19.1 Å². The second kappa shape index (κ2) is 6.55. The van der Waals surface area contributed by atoms with Crippen LogP contribution in [0.2, 0.25) is 0 Å². The third kappa shape index (κ3) is 3.07. The Kier molecular flexibility index (Phi) is 4.45. The van der Waals surface area contributed by atoms with Gasteiger partial charge in [0.05, 0.1) is 6.10 Å². The smallest absolute Gasteiger partial charge is 0.332 e. The maximum atomic E-state index is 12.8. The van der Waals surface area contributed by atoms with E-state index in [4.69, 9.17) is 15.2 Å². The van der Waals surface area contributed by atoms with Crippen molar-refractivity contribution in [2.75, 3.05) is 12.3 Å². The molecule has 25 heavy (non-hydrogen) atoms. The van der Waals surface area contributed by atoms with Crippen molar-refractivity contribution in [2.24, 2.45) is 0 Å². The van der Waals surface area contributed by atoms with Crippen LogP contribution >= 0.6 is 0 Å². The predicted molar refractivity (Wildman–Crippen MR) is 89.0 cm³/mol. The molecule has 0 saturated carbocycles. The summed E-state index contributed by atoms with van der Waals surface area (Å²) < 4.78 is 13.4. The number of hydrogen-bond donors (Lipinski definition) is 2. The molecule has 10 heteroatoms. The highest BCUT2D eigenvalue weighted by molar-refractivity contribution is 5.71. The van der Waals surface area contributed by atoms with Crippen LogP contribution < -0.4 is 17.0 Å². The fourth-order valence-corrected chi connectivity index (χ4v) is 2.97. The number of nitrogens with two attached hydrogens (primary N) is 1. The minimum Gasteiger partial charge on any atom is -0.463 e. The summed E-state index contributed by atoms with van der Waals surface area (Å²) in [5, 5.41) is 0. The van der Waals surface area contributed by atoms with Crippen LogP contribution in [0.4, 0.5) is 5.95 Å². The quantitative estimate of drug-likeness (QED) is 0.568. The van der Waals surface area contributed by atoms with Gasteiger partial charge in [0.15, 0.2) is 11.2 Å². The Morgan fingerprint density at radius 2 is 2.28 bits per heavy atom. The molecule has 0 unspecified atom stereocenters. The third-order valence-electron chi connectivity index (χ3n) is 3.99. The number of esters is 1. The molecular weight excluding hydrogens is 330 g/mol. The summed E-state index contributed by atoms with van der Waals surface area (Å²) in [6.07, 6.45) is 1.71. The average Bonchev–Trinajstić information content (AvgIpc) is 3.09. The molecule has 2 aromatic rings. The lowest BCUT2D eigenvalue weighted by molar-refractivity contribution is -0.145. The van der Waals surface area contributed by atoms with E-state index in [1.54, 1.807) is 0 Å².